The van der Waals surface area contributed by atoms with E-state index >= 15 is 0 Å². The molecular weight excluding hydrogens is 254 g/mol. The maximum Gasteiger partial charge on any atom is 0.328 e. The summed E-state index contributed by atoms with van der Waals surface area (Å²) in [5.74, 6) is 0. The van der Waals surface area contributed by atoms with Gasteiger partial charge in [0.15, 0.2) is 0 Å². The van der Waals surface area contributed by atoms with Crippen LogP contribution >= 0.6 is 11.6 Å². The lowest BCUT2D eigenvalue weighted by Gasteiger charge is -2.06. The van der Waals surface area contributed by atoms with E-state index in [-0.39, 0.29) is 12.1 Å². The highest BCUT2D eigenvalue weighted by Crippen LogP contribution is 2.15. The molecule has 0 spiro atoms. The molecule has 90 valence electrons. The quantitative estimate of drug-likeness (QED) is 0.879. The zero-order valence-electron chi connectivity index (χ0n) is 9.18. The molecule has 0 saturated carbocycles. The summed E-state index contributed by atoms with van der Waals surface area (Å²) >= 11 is 5.98. The van der Waals surface area contributed by atoms with E-state index in [0.717, 1.165) is 5.56 Å². The van der Waals surface area contributed by atoms with Crippen LogP contribution in [0.2, 0.25) is 5.02 Å². The summed E-state index contributed by atoms with van der Waals surface area (Å²) in [6.07, 6.45) is 1.23. The Balaban J connectivity index is 2.48. The van der Waals surface area contributed by atoms with Gasteiger partial charge in [-0.2, -0.15) is 5.26 Å². The second kappa shape index (κ2) is 4.90. The number of nitrogens with zero attached hydrogens (tertiary/aromatic N) is 2. The lowest BCUT2D eigenvalue weighted by atomic mass is 10.2. The first-order chi connectivity index (χ1) is 8.61. The van der Waals surface area contributed by atoms with Crippen molar-refractivity contribution < 1.29 is 0 Å². The first kappa shape index (κ1) is 12.1. The first-order valence-electron chi connectivity index (χ1n) is 5.09. The highest BCUT2D eigenvalue weighted by molar-refractivity contribution is 6.31. The van der Waals surface area contributed by atoms with Gasteiger partial charge in [0.05, 0.1) is 6.54 Å². The summed E-state index contributed by atoms with van der Waals surface area (Å²) < 4.78 is 1.24. The first-order valence-corrected chi connectivity index (χ1v) is 5.47. The zero-order valence-corrected chi connectivity index (χ0v) is 9.94. The van der Waals surface area contributed by atoms with Crippen molar-refractivity contribution in [3.8, 4) is 6.07 Å². The lowest BCUT2D eigenvalue weighted by molar-refractivity contribution is 0.718. The third-order valence-electron chi connectivity index (χ3n) is 2.43. The number of H-pyrrole nitrogens is 1. The Morgan fingerprint density at radius 3 is 2.72 bits per heavy atom. The third-order valence-corrected chi connectivity index (χ3v) is 2.80. The molecule has 1 aromatic heterocycles. The molecule has 0 unspecified atom stereocenters. The smallest absolute Gasteiger partial charge is 0.295 e. The van der Waals surface area contributed by atoms with E-state index in [1.165, 1.54) is 10.8 Å². The third kappa shape index (κ3) is 2.34. The molecule has 0 amide bonds. The number of halogens is 1. The van der Waals surface area contributed by atoms with Crippen LogP contribution in [0.25, 0.3) is 0 Å². The molecule has 5 nitrogen and oxygen atoms in total. The average Bonchev–Trinajstić information content (AvgIpc) is 2.35. The Labute approximate surface area is 107 Å². The molecule has 0 fully saturated rings. The van der Waals surface area contributed by atoms with Crippen LogP contribution in [0.5, 0.6) is 0 Å². The zero-order chi connectivity index (χ0) is 13.1. The molecule has 0 saturated heterocycles. The summed E-state index contributed by atoms with van der Waals surface area (Å²) in [5.41, 5.74) is -0.629. The van der Waals surface area contributed by atoms with Crippen molar-refractivity contribution in [2.24, 2.45) is 0 Å². The minimum atomic E-state index is -0.682. The van der Waals surface area contributed by atoms with Gasteiger partial charge in [0.2, 0.25) is 0 Å². The maximum atomic E-state index is 11.6. The summed E-state index contributed by atoms with van der Waals surface area (Å²) in [5, 5.41) is 9.27. The van der Waals surface area contributed by atoms with Crippen molar-refractivity contribution in [3.63, 3.8) is 0 Å². The van der Waals surface area contributed by atoms with E-state index in [1.807, 2.05) is 0 Å². The van der Waals surface area contributed by atoms with Gasteiger partial charge in [-0.15, -0.1) is 0 Å². The minimum absolute atomic E-state index is 0.110. The molecule has 0 bridgehead atoms. The Hall–Kier alpha value is -2.32. The number of rotatable bonds is 2. The number of hydrogen-bond acceptors (Lipinski definition) is 3. The summed E-state index contributed by atoms with van der Waals surface area (Å²) in [6, 6.07) is 8.78. The number of aromatic nitrogens is 2. The van der Waals surface area contributed by atoms with Gasteiger partial charge in [0.25, 0.3) is 5.56 Å². The highest BCUT2D eigenvalue weighted by atomic mass is 35.5. The summed E-state index contributed by atoms with van der Waals surface area (Å²) in [4.78, 5) is 24.9. The predicted molar refractivity (Wildman–Crippen MR) is 66.6 cm³/mol. The van der Waals surface area contributed by atoms with E-state index in [0.29, 0.717) is 5.02 Å². The fourth-order valence-electron chi connectivity index (χ4n) is 1.52. The molecule has 2 aromatic rings. The van der Waals surface area contributed by atoms with Gasteiger partial charge in [-0.05, 0) is 11.6 Å². The van der Waals surface area contributed by atoms with Gasteiger partial charge < -0.3 is 0 Å². The second-order valence-corrected chi connectivity index (χ2v) is 4.04. The van der Waals surface area contributed by atoms with E-state index in [1.54, 1.807) is 30.3 Å². The molecule has 0 radical (unpaired) electrons. The van der Waals surface area contributed by atoms with Gasteiger partial charge >= 0.3 is 5.69 Å². The van der Waals surface area contributed by atoms with Crippen LogP contribution in [0, 0.1) is 11.3 Å². The number of nitriles is 1. The number of benzene rings is 1. The van der Waals surface area contributed by atoms with Crippen molar-refractivity contribution in [2.45, 2.75) is 6.54 Å². The van der Waals surface area contributed by atoms with E-state index in [2.05, 4.69) is 4.98 Å². The minimum Gasteiger partial charge on any atom is -0.295 e. The van der Waals surface area contributed by atoms with Gasteiger partial charge in [0, 0.05) is 11.2 Å². The van der Waals surface area contributed by atoms with Crippen molar-refractivity contribution in [1.82, 2.24) is 9.55 Å². The number of aromatic amines is 1. The molecule has 1 N–H and O–H groups in total. The fraction of sp³-hybridized carbons (Fsp3) is 0.0833. The molecule has 1 heterocycles. The topological polar surface area (TPSA) is 78.7 Å². The largest absolute Gasteiger partial charge is 0.328 e. The van der Waals surface area contributed by atoms with E-state index in [9.17, 15) is 9.59 Å². The van der Waals surface area contributed by atoms with Crippen molar-refractivity contribution in [2.75, 3.05) is 0 Å². The van der Waals surface area contributed by atoms with Crippen LogP contribution in [-0.2, 0) is 6.54 Å². The van der Waals surface area contributed by atoms with Crippen LogP contribution in [0.1, 0.15) is 11.1 Å². The van der Waals surface area contributed by atoms with Gasteiger partial charge in [0.1, 0.15) is 11.6 Å². The van der Waals surface area contributed by atoms with Gasteiger partial charge in [-0.1, -0.05) is 29.8 Å². The van der Waals surface area contributed by atoms with Crippen LogP contribution < -0.4 is 11.2 Å². The Morgan fingerprint density at radius 2 is 2.06 bits per heavy atom. The SMILES string of the molecule is N#Cc1cn(Cc2ccccc2Cl)c(=O)[nH]c1=O. The lowest BCUT2D eigenvalue weighted by Crippen LogP contribution is -2.31. The molecular formula is C12H8ClN3O2. The van der Waals surface area contributed by atoms with Crippen LogP contribution in [0.4, 0.5) is 0 Å². The second-order valence-electron chi connectivity index (χ2n) is 3.63. The molecule has 0 atom stereocenters. The molecule has 0 aliphatic carbocycles. The van der Waals surface area contributed by atoms with Crippen LogP contribution in [0.3, 0.4) is 0 Å². The molecule has 2 rings (SSSR count). The van der Waals surface area contributed by atoms with Crippen LogP contribution in [0.15, 0.2) is 40.1 Å². The Morgan fingerprint density at radius 1 is 1.33 bits per heavy atom. The van der Waals surface area contributed by atoms with Crippen molar-refractivity contribution >= 4 is 11.6 Å². The van der Waals surface area contributed by atoms with Gasteiger partial charge in [-0.25, -0.2) is 4.79 Å². The van der Waals surface area contributed by atoms with E-state index < -0.39 is 11.2 Å². The van der Waals surface area contributed by atoms with E-state index in [4.69, 9.17) is 16.9 Å². The fourth-order valence-corrected chi connectivity index (χ4v) is 1.71. The normalized spacial score (nSPS) is 10.0. The van der Waals surface area contributed by atoms with Crippen LogP contribution in [-0.4, -0.2) is 9.55 Å². The summed E-state index contributed by atoms with van der Waals surface area (Å²) in [6.45, 7) is 0.198. The predicted octanol–water partition coefficient (Wildman–Crippen LogP) is 1.11. The molecule has 18 heavy (non-hydrogen) atoms. The standard InChI is InChI=1S/C12H8ClN3O2/c13-10-4-2-1-3-8(10)6-16-7-9(5-14)11(17)15-12(16)18/h1-4,7H,6H2,(H,15,17,18). The molecule has 6 heteroatoms. The molecule has 0 aliphatic rings. The number of nitrogens with one attached hydrogen (secondary N) is 1. The average molecular weight is 262 g/mol. The van der Waals surface area contributed by atoms with Crippen molar-refractivity contribution in [3.05, 3.63) is 67.4 Å². The van der Waals surface area contributed by atoms with Gasteiger partial charge in [-0.3, -0.25) is 14.3 Å². The number of hydrogen-bond donors (Lipinski definition) is 1. The molecule has 0 aliphatic heterocycles. The molecule has 1 aromatic carbocycles. The monoisotopic (exact) mass is 261 g/mol. The summed E-state index contributed by atoms with van der Waals surface area (Å²) in [7, 11) is 0. The van der Waals surface area contributed by atoms with Crippen molar-refractivity contribution in [1.29, 1.82) is 5.26 Å². The maximum absolute atomic E-state index is 11.6. The Bertz CT molecular complexity index is 740. The Kier molecular flexibility index (Phi) is 3.31. The highest BCUT2D eigenvalue weighted by Gasteiger charge is 2.06.